The highest BCUT2D eigenvalue weighted by Gasteiger charge is 2.14. The van der Waals surface area contributed by atoms with Crippen molar-refractivity contribution in [3.63, 3.8) is 0 Å². The molecule has 0 aromatic heterocycles. The minimum Gasteiger partial charge on any atom is -0.327 e. The van der Waals surface area contributed by atoms with Gasteiger partial charge in [-0.3, -0.25) is 0 Å². The Morgan fingerprint density at radius 3 is 2.58 bits per heavy atom. The molecule has 2 heteroatoms. The van der Waals surface area contributed by atoms with E-state index in [1.54, 1.807) is 0 Å². The summed E-state index contributed by atoms with van der Waals surface area (Å²) in [6.45, 7) is 2.17. The van der Waals surface area contributed by atoms with Gasteiger partial charge < -0.3 is 5.73 Å². The summed E-state index contributed by atoms with van der Waals surface area (Å²) < 4.78 is 0. The van der Waals surface area contributed by atoms with Crippen LogP contribution in [-0.2, 0) is 0 Å². The Kier molecular flexibility index (Phi) is 5.08. The normalized spacial score (nSPS) is 22.5. The van der Waals surface area contributed by atoms with E-state index in [0.717, 1.165) is 11.7 Å². The van der Waals surface area contributed by atoms with Gasteiger partial charge in [0.25, 0.3) is 0 Å². The van der Waals surface area contributed by atoms with Crippen molar-refractivity contribution in [2.24, 2.45) is 5.73 Å². The van der Waals surface area contributed by atoms with E-state index in [-0.39, 0.29) is 0 Å². The largest absolute Gasteiger partial charge is 0.327 e. The fourth-order valence-electron chi connectivity index (χ4n) is 1.61. The molecule has 1 aliphatic carbocycles. The van der Waals surface area contributed by atoms with Crippen molar-refractivity contribution in [3.05, 3.63) is 0 Å². The van der Waals surface area contributed by atoms with Gasteiger partial charge in [-0.05, 0) is 19.3 Å². The average Bonchev–Trinajstić information content (AvgIpc) is 2.16. The third-order valence-electron chi connectivity index (χ3n) is 2.62. The molecule has 0 aromatic carbocycles. The van der Waals surface area contributed by atoms with Crippen LogP contribution in [0.5, 0.6) is 0 Å². The summed E-state index contributed by atoms with van der Waals surface area (Å²) in [6.07, 6.45) is 8.33. The van der Waals surface area contributed by atoms with Crippen LogP contribution in [0, 0.1) is 0 Å². The molecule has 0 saturated heterocycles. The van der Waals surface area contributed by atoms with Crippen molar-refractivity contribution in [2.45, 2.75) is 56.7 Å². The standard InChI is InChI=1S/C10H21NS/c1-2-9(11)8-12-10-6-4-3-5-7-10/h9-10H,2-8,11H2,1H3/t9-/m1/s1. The summed E-state index contributed by atoms with van der Waals surface area (Å²) in [5.41, 5.74) is 5.87. The lowest BCUT2D eigenvalue weighted by molar-refractivity contribution is 0.515. The topological polar surface area (TPSA) is 26.0 Å². The first-order chi connectivity index (χ1) is 5.83. The third-order valence-corrected chi connectivity index (χ3v) is 4.19. The molecular weight excluding hydrogens is 166 g/mol. The van der Waals surface area contributed by atoms with Crippen LogP contribution in [0.25, 0.3) is 0 Å². The molecule has 0 aromatic rings. The predicted octanol–water partition coefficient (Wildman–Crippen LogP) is 2.79. The monoisotopic (exact) mass is 187 g/mol. The number of rotatable bonds is 4. The summed E-state index contributed by atoms with van der Waals surface area (Å²) in [5, 5.41) is 0.927. The van der Waals surface area contributed by atoms with Crippen molar-refractivity contribution in [1.29, 1.82) is 0 Å². The maximum Gasteiger partial charge on any atom is 0.0127 e. The Morgan fingerprint density at radius 2 is 2.00 bits per heavy atom. The van der Waals surface area contributed by atoms with Crippen molar-refractivity contribution in [2.75, 3.05) is 5.75 Å². The molecule has 1 saturated carbocycles. The van der Waals surface area contributed by atoms with Gasteiger partial charge in [-0.2, -0.15) is 11.8 Å². The highest BCUT2D eigenvalue weighted by molar-refractivity contribution is 7.99. The molecule has 72 valence electrons. The van der Waals surface area contributed by atoms with Crippen molar-refractivity contribution in [1.82, 2.24) is 0 Å². The molecule has 1 aliphatic rings. The smallest absolute Gasteiger partial charge is 0.0127 e. The zero-order valence-electron chi connectivity index (χ0n) is 8.09. The molecule has 1 rings (SSSR count). The van der Waals surface area contributed by atoms with Crippen LogP contribution in [0.15, 0.2) is 0 Å². The summed E-state index contributed by atoms with van der Waals surface area (Å²) >= 11 is 2.11. The van der Waals surface area contributed by atoms with Gasteiger partial charge in [-0.25, -0.2) is 0 Å². The molecule has 0 unspecified atom stereocenters. The molecule has 2 N–H and O–H groups in total. The molecule has 1 atom stereocenters. The van der Waals surface area contributed by atoms with Crippen LogP contribution in [0.1, 0.15) is 45.4 Å². The summed E-state index contributed by atoms with van der Waals surface area (Å²) in [5.74, 6) is 1.17. The van der Waals surface area contributed by atoms with Crippen molar-refractivity contribution < 1.29 is 0 Å². The van der Waals surface area contributed by atoms with Crippen LogP contribution in [0.3, 0.4) is 0 Å². The first-order valence-corrected chi connectivity index (χ1v) is 6.25. The van der Waals surface area contributed by atoms with E-state index in [1.807, 2.05) is 0 Å². The molecule has 0 spiro atoms. The summed E-state index contributed by atoms with van der Waals surface area (Å²) in [4.78, 5) is 0. The van der Waals surface area contributed by atoms with Crippen molar-refractivity contribution in [3.8, 4) is 0 Å². The van der Waals surface area contributed by atoms with E-state index in [2.05, 4.69) is 18.7 Å². The first kappa shape index (κ1) is 10.4. The second-order valence-corrected chi connectivity index (χ2v) is 5.10. The zero-order valence-corrected chi connectivity index (χ0v) is 8.91. The Labute approximate surface area is 80.5 Å². The van der Waals surface area contributed by atoms with E-state index in [9.17, 15) is 0 Å². The maximum absolute atomic E-state index is 5.87. The molecule has 1 fully saturated rings. The van der Waals surface area contributed by atoms with Gasteiger partial charge in [-0.1, -0.05) is 26.2 Å². The molecule has 0 aliphatic heterocycles. The van der Waals surface area contributed by atoms with Crippen LogP contribution in [-0.4, -0.2) is 17.0 Å². The van der Waals surface area contributed by atoms with Gasteiger partial charge >= 0.3 is 0 Å². The lowest BCUT2D eigenvalue weighted by Gasteiger charge is -2.22. The Morgan fingerprint density at radius 1 is 1.33 bits per heavy atom. The SMILES string of the molecule is CC[C@@H](N)CSC1CCCCC1. The van der Waals surface area contributed by atoms with Gasteiger partial charge in [0.15, 0.2) is 0 Å². The first-order valence-electron chi connectivity index (χ1n) is 5.20. The van der Waals surface area contributed by atoms with E-state index < -0.39 is 0 Å². The van der Waals surface area contributed by atoms with Gasteiger partial charge in [0, 0.05) is 17.0 Å². The molecule has 0 heterocycles. The van der Waals surface area contributed by atoms with Crippen LogP contribution < -0.4 is 5.73 Å². The minimum absolute atomic E-state index is 0.428. The Hall–Kier alpha value is 0.310. The Balaban J connectivity index is 2.05. The molecule has 0 radical (unpaired) electrons. The minimum atomic E-state index is 0.428. The Bertz CT molecular complexity index is 110. The van der Waals surface area contributed by atoms with E-state index in [1.165, 1.54) is 37.9 Å². The maximum atomic E-state index is 5.87. The predicted molar refractivity (Wildman–Crippen MR) is 57.6 cm³/mol. The van der Waals surface area contributed by atoms with Crippen LogP contribution in [0.2, 0.25) is 0 Å². The fourth-order valence-corrected chi connectivity index (χ4v) is 3.03. The summed E-state index contributed by atoms with van der Waals surface area (Å²) in [6, 6.07) is 0.428. The fraction of sp³-hybridized carbons (Fsp3) is 1.00. The molecule has 12 heavy (non-hydrogen) atoms. The molecule has 0 bridgehead atoms. The van der Waals surface area contributed by atoms with Gasteiger partial charge in [-0.15, -0.1) is 0 Å². The van der Waals surface area contributed by atoms with Gasteiger partial charge in [0.05, 0.1) is 0 Å². The third kappa shape index (κ3) is 3.81. The molecule has 0 amide bonds. The number of hydrogen-bond donors (Lipinski definition) is 1. The highest BCUT2D eigenvalue weighted by atomic mass is 32.2. The zero-order chi connectivity index (χ0) is 8.81. The number of nitrogens with two attached hydrogens (primary N) is 1. The van der Waals surface area contributed by atoms with Crippen molar-refractivity contribution >= 4 is 11.8 Å². The second kappa shape index (κ2) is 5.87. The van der Waals surface area contributed by atoms with Gasteiger partial charge in [0.2, 0.25) is 0 Å². The van der Waals surface area contributed by atoms with E-state index in [0.29, 0.717) is 6.04 Å². The molecular formula is C10H21NS. The summed E-state index contributed by atoms with van der Waals surface area (Å²) in [7, 11) is 0. The lowest BCUT2D eigenvalue weighted by atomic mass is 10.0. The van der Waals surface area contributed by atoms with E-state index in [4.69, 9.17) is 5.73 Å². The number of hydrogen-bond acceptors (Lipinski definition) is 2. The van der Waals surface area contributed by atoms with Gasteiger partial charge in [0.1, 0.15) is 0 Å². The quantitative estimate of drug-likeness (QED) is 0.732. The van der Waals surface area contributed by atoms with Crippen LogP contribution in [0.4, 0.5) is 0 Å². The van der Waals surface area contributed by atoms with E-state index >= 15 is 0 Å². The second-order valence-electron chi connectivity index (χ2n) is 3.76. The lowest BCUT2D eigenvalue weighted by Crippen LogP contribution is -2.23. The molecule has 1 nitrogen and oxygen atoms in total. The highest BCUT2D eigenvalue weighted by Crippen LogP contribution is 2.28. The number of thioether (sulfide) groups is 1. The average molecular weight is 187 g/mol. The van der Waals surface area contributed by atoms with Crippen LogP contribution >= 0.6 is 11.8 Å².